The quantitative estimate of drug-likeness (QED) is 0.661. The number of methoxy groups -OCH3 is 2. The Hall–Kier alpha value is -2.50. The minimum atomic E-state index is -0.203. The number of ether oxygens (including phenoxy) is 2. The second-order valence-electron chi connectivity index (χ2n) is 5.59. The maximum Gasteiger partial charge on any atom is 0.258 e. The standard InChI is InChI=1S/C19H16Cl2N2O3/c1-11-5-4-6-23-17(24)10-15(22-19(11)23)13(20)7-12-8-14(21)18(26-3)16(9-12)25-2/h4-10H,1-3H3/b13-7-. The Morgan fingerprint density at radius 2 is 2.00 bits per heavy atom. The molecule has 0 aliphatic carbocycles. The molecule has 26 heavy (non-hydrogen) atoms. The zero-order chi connectivity index (χ0) is 18.8. The number of rotatable bonds is 4. The maximum atomic E-state index is 12.3. The van der Waals surface area contributed by atoms with E-state index >= 15 is 0 Å². The molecule has 0 radical (unpaired) electrons. The van der Waals surface area contributed by atoms with Crippen LogP contribution in [0, 0.1) is 6.92 Å². The van der Waals surface area contributed by atoms with Gasteiger partial charge in [0.15, 0.2) is 11.5 Å². The van der Waals surface area contributed by atoms with Gasteiger partial charge in [-0.2, -0.15) is 0 Å². The number of benzene rings is 1. The van der Waals surface area contributed by atoms with Gasteiger partial charge in [-0.1, -0.05) is 29.3 Å². The van der Waals surface area contributed by atoms with Crippen LogP contribution in [-0.4, -0.2) is 23.6 Å². The topological polar surface area (TPSA) is 52.8 Å². The molecule has 0 bridgehead atoms. The molecule has 3 aromatic rings. The molecule has 2 heterocycles. The van der Waals surface area contributed by atoms with E-state index < -0.39 is 0 Å². The Morgan fingerprint density at radius 1 is 1.23 bits per heavy atom. The first kappa shape index (κ1) is 18.3. The lowest BCUT2D eigenvalue weighted by Crippen LogP contribution is -2.15. The van der Waals surface area contributed by atoms with E-state index in [-0.39, 0.29) is 5.56 Å². The van der Waals surface area contributed by atoms with Gasteiger partial charge in [-0.3, -0.25) is 9.20 Å². The van der Waals surface area contributed by atoms with Crippen LogP contribution in [0.25, 0.3) is 16.8 Å². The number of nitrogens with zero attached hydrogens (tertiary/aromatic N) is 2. The van der Waals surface area contributed by atoms with Crippen LogP contribution in [0.3, 0.4) is 0 Å². The summed E-state index contributed by atoms with van der Waals surface area (Å²) >= 11 is 12.6. The Labute approximate surface area is 160 Å². The number of halogens is 2. The maximum absolute atomic E-state index is 12.3. The Bertz CT molecular complexity index is 1070. The van der Waals surface area contributed by atoms with Crippen LogP contribution in [-0.2, 0) is 0 Å². The SMILES string of the molecule is COc1cc(/C=C(\Cl)c2cc(=O)n3cccc(C)c3n2)cc(Cl)c1OC. The molecule has 0 saturated carbocycles. The van der Waals surface area contributed by atoms with Gasteiger partial charge in [-0.15, -0.1) is 0 Å². The lowest BCUT2D eigenvalue weighted by atomic mass is 10.1. The van der Waals surface area contributed by atoms with E-state index in [1.54, 1.807) is 30.5 Å². The Morgan fingerprint density at radius 3 is 2.69 bits per heavy atom. The molecule has 0 atom stereocenters. The third-order valence-electron chi connectivity index (χ3n) is 3.88. The molecule has 2 aromatic heterocycles. The third-order valence-corrected chi connectivity index (χ3v) is 4.46. The fourth-order valence-electron chi connectivity index (χ4n) is 2.63. The van der Waals surface area contributed by atoms with Gasteiger partial charge in [0.2, 0.25) is 0 Å². The van der Waals surface area contributed by atoms with Crippen molar-refractivity contribution in [2.45, 2.75) is 6.92 Å². The van der Waals surface area contributed by atoms with Gasteiger partial charge < -0.3 is 9.47 Å². The molecule has 0 unspecified atom stereocenters. The van der Waals surface area contributed by atoms with Crippen molar-refractivity contribution in [1.82, 2.24) is 9.38 Å². The van der Waals surface area contributed by atoms with Crippen molar-refractivity contribution in [2.75, 3.05) is 14.2 Å². The zero-order valence-corrected chi connectivity index (χ0v) is 15.9. The Kier molecular flexibility index (Phi) is 5.20. The minimum absolute atomic E-state index is 0.203. The summed E-state index contributed by atoms with van der Waals surface area (Å²) in [5.41, 5.74) is 2.32. The van der Waals surface area contributed by atoms with Crippen LogP contribution in [0.2, 0.25) is 5.02 Å². The second-order valence-corrected chi connectivity index (χ2v) is 6.41. The van der Waals surface area contributed by atoms with E-state index in [0.717, 1.165) is 5.56 Å². The highest BCUT2D eigenvalue weighted by Crippen LogP contribution is 2.37. The van der Waals surface area contributed by atoms with Crippen LogP contribution in [0.5, 0.6) is 11.5 Å². The predicted molar refractivity (Wildman–Crippen MR) is 104 cm³/mol. The van der Waals surface area contributed by atoms with Gasteiger partial charge in [-0.05, 0) is 42.3 Å². The highest BCUT2D eigenvalue weighted by molar-refractivity contribution is 6.51. The molecule has 5 nitrogen and oxygen atoms in total. The van der Waals surface area contributed by atoms with E-state index in [4.69, 9.17) is 32.7 Å². The smallest absolute Gasteiger partial charge is 0.258 e. The fraction of sp³-hybridized carbons (Fsp3) is 0.158. The lowest BCUT2D eigenvalue weighted by Gasteiger charge is -2.10. The van der Waals surface area contributed by atoms with E-state index in [9.17, 15) is 4.79 Å². The van der Waals surface area contributed by atoms with Crippen LogP contribution in [0.15, 0.2) is 41.3 Å². The summed E-state index contributed by atoms with van der Waals surface area (Å²) in [6, 6.07) is 8.52. The number of hydrogen-bond acceptors (Lipinski definition) is 4. The molecule has 1 aromatic carbocycles. The average Bonchev–Trinajstić information content (AvgIpc) is 2.61. The van der Waals surface area contributed by atoms with Crippen molar-refractivity contribution in [3.8, 4) is 11.5 Å². The number of hydrogen-bond donors (Lipinski definition) is 0. The molecule has 0 N–H and O–H groups in total. The van der Waals surface area contributed by atoms with Gasteiger partial charge in [-0.25, -0.2) is 4.98 Å². The van der Waals surface area contributed by atoms with E-state index in [0.29, 0.717) is 38.5 Å². The first-order chi connectivity index (χ1) is 12.4. The van der Waals surface area contributed by atoms with Gasteiger partial charge in [0.1, 0.15) is 5.65 Å². The highest BCUT2D eigenvalue weighted by atomic mass is 35.5. The van der Waals surface area contributed by atoms with Crippen molar-refractivity contribution in [1.29, 1.82) is 0 Å². The van der Waals surface area contributed by atoms with E-state index in [1.165, 1.54) is 24.7 Å². The van der Waals surface area contributed by atoms with Crippen molar-refractivity contribution >= 4 is 40.0 Å². The molecular weight excluding hydrogens is 375 g/mol. The van der Waals surface area contributed by atoms with Crippen LogP contribution >= 0.6 is 23.2 Å². The molecule has 0 fully saturated rings. The summed E-state index contributed by atoms with van der Waals surface area (Å²) in [6.45, 7) is 1.89. The van der Waals surface area contributed by atoms with Crippen LogP contribution < -0.4 is 15.0 Å². The summed E-state index contributed by atoms with van der Waals surface area (Å²) in [5.74, 6) is 0.929. The van der Waals surface area contributed by atoms with Crippen molar-refractivity contribution < 1.29 is 9.47 Å². The van der Waals surface area contributed by atoms with Crippen molar-refractivity contribution in [3.05, 3.63) is 68.7 Å². The summed E-state index contributed by atoms with van der Waals surface area (Å²) in [6.07, 6.45) is 3.35. The monoisotopic (exact) mass is 390 g/mol. The van der Waals surface area contributed by atoms with Crippen molar-refractivity contribution in [3.63, 3.8) is 0 Å². The first-order valence-electron chi connectivity index (χ1n) is 7.72. The van der Waals surface area contributed by atoms with Gasteiger partial charge in [0.25, 0.3) is 5.56 Å². The van der Waals surface area contributed by atoms with Gasteiger partial charge in [0, 0.05) is 12.3 Å². The molecule has 7 heteroatoms. The first-order valence-corrected chi connectivity index (χ1v) is 8.48. The molecule has 3 rings (SSSR count). The number of aryl methyl sites for hydroxylation is 1. The molecule has 0 saturated heterocycles. The molecular formula is C19H16Cl2N2O3. The summed E-state index contributed by atoms with van der Waals surface area (Å²) in [5, 5.41) is 0.709. The molecule has 0 aliphatic heterocycles. The average molecular weight is 391 g/mol. The predicted octanol–water partition coefficient (Wildman–Crippen LogP) is 4.41. The van der Waals surface area contributed by atoms with E-state index in [1.807, 2.05) is 13.0 Å². The minimum Gasteiger partial charge on any atom is -0.493 e. The Balaban J connectivity index is 2.11. The zero-order valence-electron chi connectivity index (χ0n) is 14.4. The number of pyridine rings is 1. The number of fused-ring (bicyclic) bond motifs is 1. The summed E-state index contributed by atoms with van der Waals surface area (Å²) < 4.78 is 12.0. The normalized spacial score (nSPS) is 11.7. The van der Waals surface area contributed by atoms with E-state index in [2.05, 4.69) is 4.98 Å². The largest absolute Gasteiger partial charge is 0.493 e. The highest BCUT2D eigenvalue weighted by Gasteiger charge is 2.12. The molecule has 0 spiro atoms. The summed E-state index contributed by atoms with van der Waals surface area (Å²) in [7, 11) is 3.04. The van der Waals surface area contributed by atoms with Crippen LogP contribution in [0.1, 0.15) is 16.8 Å². The second kappa shape index (κ2) is 7.40. The lowest BCUT2D eigenvalue weighted by molar-refractivity contribution is 0.355. The van der Waals surface area contributed by atoms with Gasteiger partial charge in [0.05, 0.1) is 30.0 Å². The number of aromatic nitrogens is 2. The van der Waals surface area contributed by atoms with Gasteiger partial charge >= 0.3 is 0 Å². The molecule has 134 valence electrons. The fourth-order valence-corrected chi connectivity index (χ4v) is 3.14. The van der Waals surface area contributed by atoms with Crippen LogP contribution in [0.4, 0.5) is 0 Å². The third kappa shape index (κ3) is 3.41. The van der Waals surface area contributed by atoms with Crippen molar-refractivity contribution in [2.24, 2.45) is 0 Å². The molecule has 0 aliphatic rings. The molecule has 0 amide bonds. The summed E-state index contributed by atoms with van der Waals surface area (Å²) in [4.78, 5) is 16.8.